The van der Waals surface area contributed by atoms with Gasteiger partial charge in [0, 0.05) is 11.1 Å². The number of ether oxygens (including phenoxy) is 2. The first kappa shape index (κ1) is 21.3. The van der Waals surface area contributed by atoms with E-state index in [4.69, 9.17) is 9.47 Å². The molecule has 6 aromatic rings. The zero-order valence-electron chi connectivity index (χ0n) is 20.0. The smallest absolute Gasteiger partial charge is 0.194 e. The summed E-state index contributed by atoms with van der Waals surface area (Å²) >= 11 is 0. The van der Waals surface area contributed by atoms with Gasteiger partial charge in [-0.2, -0.15) is 0 Å². The minimum atomic E-state index is 0.696. The zero-order valence-corrected chi connectivity index (χ0v) is 20.0. The molecule has 37 heavy (non-hydrogen) atoms. The van der Waals surface area contributed by atoms with Crippen LogP contribution in [0.2, 0.25) is 0 Å². The summed E-state index contributed by atoms with van der Waals surface area (Å²) in [7, 11) is 0. The normalized spacial score (nSPS) is 11.7. The van der Waals surface area contributed by atoms with Crippen molar-refractivity contribution in [3.63, 3.8) is 0 Å². The van der Waals surface area contributed by atoms with Gasteiger partial charge in [0.15, 0.2) is 23.0 Å². The average molecular weight is 478 g/mol. The molecule has 0 atom stereocenters. The quantitative estimate of drug-likeness (QED) is 0.252. The molecular formula is C34H23NO2. The molecule has 3 heteroatoms. The number of benzene rings is 6. The molecule has 0 aromatic heterocycles. The van der Waals surface area contributed by atoms with Crippen molar-refractivity contribution in [3.05, 3.63) is 140 Å². The van der Waals surface area contributed by atoms with Crippen LogP contribution in [0.5, 0.6) is 23.0 Å². The Labute approximate surface area is 215 Å². The summed E-state index contributed by atoms with van der Waals surface area (Å²) in [5, 5.41) is 2.34. The molecule has 0 aliphatic carbocycles. The van der Waals surface area contributed by atoms with Gasteiger partial charge in [0.05, 0.1) is 11.4 Å². The summed E-state index contributed by atoms with van der Waals surface area (Å²) in [5.74, 6) is 2.82. The SMILES string of the molecule is c1ccc(-c2ccc(N(c3cccc4c3Oc3ccccc3O4)c3cccc4ccccc34)cc2)cc1. The van der Waals surface area contributed by atoms with E-state index in [1.54, 1.807) is 0 Å². The summed E-state index contributed by atoms with van der Waals surface area (Å²) in [6.07, 6.45) is 0. The summed E-state index contributed by atoms with van der Waals surface area (Å²) in [5.41, 5.74) is 5.38. The van der Waals surface area contributed by atoms with Crippen molar-refractivity contribution in [1.82, 2.24) is 0 Å². The Bertz CT molecular complexity index is 1720. The maximum absolute atomic E-state index is 6.47. The highest BCUT2D eigenvalue weighted by Crippen LogP contribution is 2.53. The van der Waals surface area contributed by atoms with Crippen LogP contribution >= 0.6 is 0 Å². The van der Waals surface area contributed by atoms with Gasteiger partial charge in [-0.05, 0) is 59.0 Å². The van der Waals surface area contributed by atoms with Crippen molar-refractivity contribution >= 4 is 27.8 Å². The number of rotatable bonds is 4. The Morgan fingerprint density at radius 3 is 1.84 bits per heavy atom. The van der Waals surface area contributed by atoms with Gasteiger partial charge in [0.2, 0.25) is 0 Å². The van der Waals surface area contributed by atoms with Crippen LogP contribution in [-0.2, 0) is 0 Å². The molecule has 1 aliphatic heterocycles. The molecule has 0 fully saturated rings. The molecule has 1 heterocycles. The highest BCUT2D eigenvalue weighted by atomic mass is 16.6. The minimum Gasteiger partial charge on any atom is -0.449 e. The second-order valence-electron chi connectivity index (χ2n) is 9.00. The molecule has 0 spiro atoms. The molecule has 7 rings (SSSR count). The molecule has 0 N–H and O–H groups in total. The van der Waals surface area contributed by atoms with E-state index >= 15 is 0 Å². The minimum absolute atomic E-state index is 0.696. The van der Waals surface area contributed by atoms with E-state index < -0.39 is 0 Å². The lowest BCUT2D eigenvalue weighted by Gasteiger charge is -2.31. The van der Waals surface area contributed by atoms with Crippen molar-refractivity contribution in [2.75, 3.05) is 4.90 Å². The highest BCUT2D eigenvalue weighted by Gasteiger charge is 2.26. The molecule has 3 nitrogen and oxygen atoms in total. The zero-order chi connectivity index (χ0) is 24.6. The standard InChI is InChI=1S/C34H23NO2/c1-2-10-24(11-3-1)25-20-22-27(23-21-25)35(29-15-8-13-26-12-4-5-14-28(26)29)30-16-9-19-33-34(30)37-32-18-7-6-17-31(32)36-33/h1-23H. The predicted octanol–water partition coefficient (Wildman–Crippen LogP) is 9.87. The molecule has 0 radical (unpaired) electrons. The third kappa shape index (κ3) is 3.78. The average Bonchev–Trinajstić information content (AvgIpc) is 2.97. The van der Waals surface area contributed by atoms with E-state index in [1.807, 2.05) is 42.5 Å². The molecule has 0 bridgehead atoms. The number of para-hydroxylation sites is 3. The number of nitrogens with zero attached hydrogens (tertiary/aromatic N) is 1. The van der Waals surface area contributed by atoms with Crippen molar-refractivity contribution in [1.29, 1.82) is 0 Å². The van der Waals surface area contributed by atoms with Gasteiger partial charge >= 0.3 is 0 Å². The largest absolute Gasteiger partial charge is 0.449 e. The van der Waals surface area contributed by atoms with E-state index in [2.05, 4.69) is 102 Å². The van der Waals surface area contributed by atoms with Gasteiger partial charge in [-0.1, -0.05) is 97.1 Å². The fourth-order valence-electron chi connectivity index (χ4n) is 4.96. The molecule has 1 aliphatic rings. The van der Waals surface area contributed by atoms with E-state index in [9.17, 15) is 0 Å². The first-order chi connectivity index (χ1) is 18.3. The predicted molar refractivity (Wildman–Crippen MR) is 151 cm³/mol. The monoisotopic (exact) mass is 477 g/mol. The molecule has 0 saturated carbocycles. The van der Waals surface area contributed by atoms with Crippen molar-refractivity contribution in [2.24, 2.45) is 0 Å². The molecule has 6 aromatic carbocycles. The van der Waals surface area contributed by atoms with Crippen LogP contribution in [0.25, 0.3) is 21.9 Å². The Morgan fingerprint density at radius 1 is 0.405 bits per heavy atom. The van der Waals surface area contributed by atoms with Crippen LogP contribution in [-0.4, -0.2) is 0 Å². The van der Waals surface area contributed by atoms with E-state index in [-0.39, 0.29) is 0 Å². The lowest BCUT2D eigenvalue weighted by atomic mass is 10.0. The lowest BCUT2D eigenvalue weighted by Crippen LogP contribution is -2.13. The van der Waals surface area contributed by atoms with Crippen LogP contribution < -0.4 is 14.4 Å². The first-order valence-electron chi connectivity index (χ1n) is 12.4. The maximum atomic E-state index is 6.47. The van der Waals surface area contributed by atoms with Crippen LogP contribution in [0.1, 0.15) is 0 Å². The second kappa shape index (κ2) is 8.89. The summed E-state index contributed by atoms with van der Waals surface area (Å²) < 4.78 is 12.7. The first-order valence-corrected chi connectivity index (χ1v) is 12.4. The Kier molecular flexibility index (Phi) is 5.11. The van der Waals surface area contributed by atoms with Gasteiger partial charge in [0.25, 0.3) is 0 Å². The summed E-state index contributed by atoms with van der Waals surface area (Å²) in [4.78, 5) is 2.26. The van der Waals surface area contributed by atoms with Gasteiger partial charge in [0.1, 0.15) is 0 Å². The maximum Gasteiger partial charge on any atom is 0.194 e. The van der Waals surface area contributed by atoms with Gasteiger partial charge in [-0.15, -0.1) is 0 Å². The molecule has 176 valence electrons. The Morgan fingerprint density at radius 2 is 1.00 bits per heavy atom. The topological polar surface area (TPSA) is 21.7 Å². The summed E-state index contributed by atoms with van der Waals surface area (Å²) in [6.45, 7) is 0. The number of hydrogen-bond acceptors (Lipinski definition) is 3. The van der Waals surface area contributed by atoms with Gasteiger partial charge in [-0.3, -0.25) is 0 Å². The van der Waals surface area contributed by atoms with Crippen LogP contribution in [0.15, 0.2) is 140 Å². The fraction of sp³-hybridized carbons (Fsp3) is 0. The molecule has 0 unspecified atom stereocenters. The highest BCUT2D eigenvalue weighted by molar-refractivity contribution is 6.00. The van der Waals surface area contributed by atoms with Gasteiger partial charge < -0.3 is 14.4 Å². The number of anilines is 3. The van der Waals surface area contributed by atoms with Crippen molar-refractivity contribution in [2.45, 2.75) is 0 Å². The third-order valence-corrected chi connectivity index (χ3v) is 6.72. The van der Waals surface area contributed by atoms with E-state index in [1.165, 1.54) is 16.5 Å². The van der Waals surface area contributed by atoms with Crippen molar-refractivity contribution in [3.8, 4) is 34.1 Å². The number of hydrogen-bond donors (Lipinski definition) is 0. The fourth-order valence-corrected chi connectivity index (χ4v) is 4.96. The Hall–Kier alpha value is -5.02. The molecule has 0 amide bonds. The van der Waals surface area contributed by atoms with E-state index in [0.717, 1.165) is 28.2 Å². The summed E-state index contributed by atoms with van der Waals surface area (Å²) in [6, 6.07) is 47.8. The van der Waals surface area contributed by atoms with Gasteiger partial charge in [-0.25, -0.2) is 0 Å². The Balaban J connectivity index is 1.42. The lowest BCUT2D eigenvalue weighted by molar-refractivity contribution is 0.360. The number of fused-ring (bicyclic) bond motifs is 3. The van der Waals surface area contributed by atoms with Crippen LogP contribution in [0.3, 0.4) is 0 Å². The molecular weight excluding hydrogens is 454 g/mol. The van der Waals surface area contributed by atoms with Crippen LogP contribution in [0.4, 0.5) is 17.1 Å². The third-order valence-electron chi connectivity index (χ3n) is 6.72. The second-order valence-corrected chi connectivity index (χ2v) is 9.00. The van der Waals surface area contributed by atoms with Crippen LogP contribution in [0, 0.1) is 0 Å². The van der Waals surface area contributed by atoms with E-state index in [0.29, 0.717) is 17.2 Å². The van der Waals surface area contributed by atoms with Crippen molar-refractivity contribution < 1.29 is 9.47 Å². The molecule has 0 saturated heterocycles.